The number of amides is 1. The maximum atomic E-state index is 12.5. The highest BCUT2D eigenvalue weighted by molar-refractivity contribution is 7.98. The van der Waals surface area contributed by atoms with E-state index in [1.807, 2.05) is 17.5 Å². The van der Waals surface area contributed by atoms with Crippen LogP contribution in [0.15, 0.2) is 58.3 Å². The number of carbonyl (C=O) groups is 1. The van der Waals surface area contributed by atoms with E-state index in [0.717, 1.165) is 10.4 Å². The Kier molecular flexibility index (Phi) is 4.82. The number of allylic oxidation sites excluding steroid dienone is 1. The quantitative estimate of drug-likeness (QED) is 0.418. The van der Waals surface area contributed by atoms with Crippen molar-refractivity contribution in [2.75, 3.05) is 0 Å². The van der Waals surface area contributed by atoms with Crippen molar-refractivity contribution >= 4 is 39.2 Å². The molecule has 2 aromatic heterocycles. The van der Waals surface area contributed by atoms with Crippen LogP contribution in [-0.4, -0.2) is 15.5 Å². The Bertz CT molecular complexity index is 958. The highest BCUT2D eigenvalue weighted by Crippen LogP contribution is 2.24. The Morgan fingerprint density at radius 1 is 1.33 bits per heavy atom. The second kappa shape index (κ2) is 7.02. The van der Waals surface area contributed by atoms with Crippen LogP contribution < -0.4 is 11.3 Å². The van der Waals surface area contributed by atoms with Crippen LogP contribution in [0.5, 0.6) is 0 Å². The summed E-state index contributed by atoms with van der Waals surface area (Å²) < 4.78 is 1.63. The molecular weight excluding hydrogens is 342 g/mol. The highest BCUT2D eigenvalue weighted by Gasteiger charge is 2.12. The van der Waals surface area contributed by atoms with Gasteiger partial charge in [-0.25, -0.2) is 4.98 Å². The molecule has 3 rings (SSSR count). The molecule has 24 heavy (non-hydrogen) atoms. The maximum Gasteiger partial charge on any atom is 0.263 e. The summed E-state index contributed by atoms with van der Waals surface area (Å²) in [7, 11) is 0. The first-order valence-electron chi connectivity index (χ1n) is 7.20. The molecule has 5 nitrogen and oxygen atoms in total. The third-order valence-corrected chi connectivity index (χ3v) is 5.32. The van der Waals surface area contributed by atoms with Crippen molar-refractivity contribution in [3.8, 4) is 0 Å². The molecule has 2 heterocycles. The molecule has 0 aliphatic heterocycles. The van der Waals surface area contributed by atoms with Crippen molar-refractivity contribution in [3.05, 3.63) is 69.8 Å². The van der Waals surface area contributed by atoms with Gasteiger partial charge >= 0.3 is 0 Å². The van der Waals surface area contributed by atoms with Crippen LogP contribution in [0, 0.1) is 0 Å². The van der Waals surface area contributed by atoms with Gasteiger partial charge in [0.1, 0.15) is 4.83 Å². The molecule has 122 valence electrons. The fourth-order valence-electron chi connectivity index (χ4n) is 2.24. The Morgan fingerprint density at radius 3 is 2.75 bits per heavy atom. The van der Waals surface area contributed by atoms with Gasteiger partial charge in [-0.2, -0.15) is 0 Å². The summed E-state index contributed by atoms with van der Waals surface area (Å²) in [4.78, 5) is 29.0. The van der Waals surface area contributed by atoms with Gasteiger partial charge in [-0.3, -0.25) is 14.2 Å². The molecule has 0 aliphatic carbocycles. The first-order chi connectivity index (χ1) is 11.6. The lowest BCUT2D eigenvalue weighted by Gasteiger charge is -2.10. The van der Waals surface area contributed by atoms with Gasteiger partial charge in [-0.15, -0.1) is 17.9 Å². The van der Waals surface area contributed by atoms with Crippen LogP contribution in [-0.2, 0) is 12.3 Å². The van der Waals surface area contributed by atoms with Crippen molar-refractivity contribution in [2.24, 2.45) is 5.73 Å². The van der Waals surface area contributed by atoms with Gasteiger partial charge in [0.05, 0.1) is 5.39 Å². The summed E-state index contributed by atoms with van der Waals surface area (Å²) in [6, 6.07) is 8.90. The summed E-state index contributed by atoms with van der Waals surface area (Å²) in [5.41, 5.74) is 6.69. The van der Waals surface area contributed by atoms with Crippen molar-refractivity contribution in [1.29, 1.82) is 0 Å². The molecule has 0 aliphatic rings. The first-order valence-corrected chi connectivity index (χ1v) is 9.07. The lowest BCUT2D eigenvalue weighted by molar-refractivity contribution is 0.100. The standard InChI is InChI=1S/C17H15N3O2S2/c1-2-8-20-16(22)13-7-9-23-15(13)19-17(20)24-10-11-3-5-12(6-4-11)14(18)21/h2-7,9H,1,8,10H2,(H2,18,21). The molecule has 0 unspecified atom stereocenters. The molecule has 1 aromatic carbocycles. The Balaban J connectivity index is 1.88. The van der Waals surface area contributed by atoms with Gasteiger partial charge in [0, 0.05) is 17.9 Å². The molecule has 0 bridgehead atoms. The zero-order valence-electron chi connectivity index (χ0n) is 12.8. The second-order valence-corrected chi connectivity index (χ2v) is 6.93. The summed E-state index contributed by atoms with van der Waals surface area (Å²) in [6.07, 6.45) is 1.69. The van der Waals surface area contributed by atoms with E-state index in [4.69, 9.17) is 5.73 Å². The van der Waals surface area contributed by atoms with Gasteiger partial charge in [0.2, 0.25) is 5.91 Å². The van der Waals surface area contributed by atoms with Gasteiger partial charge in [0.25, 0.3) is 5.56 Å². The SMILES string of the molecule is C=CCn1c(SCc2ccc(C(N)=O)cc2)nc2sccc2c1=O. The fraction of sp³-hybridized carbons (Fsp3) is 0.118. The lowest BCUT2D eigenvalue weighted by atomic mass is 10.1. The van der Waals surface area contributed by atoms with E-state index in [-0.39, 0.29) is 5.56 Å². The highest BCUT2D eigenvalue weighted by atomic mass is 32.2. The largest absolute Gasteiger partial charge is 0.366 e. The topological polar surface area (TPSA) is 78.0 Å². The van der Waals surface area contributed by atoms with Crippen LogP contribution in [0.4, 0.5) is 0 Å². The monoisotopic (exact) mass is 357 g/mol. The minimum Gasteiger partial charge on any atom is -0.366 e. The molecule has 0 radical (unpaired) electrons. The molecule has 0 atom stereocenters. The molecule has 2 N–H and O–H groups in total. The molecule has 7 heteroatoms. The fourth-order valence-corrected chi connectivity index (χ4v) is 4.01. The zero-order valence-corrected chi connectivity index (χ0v) is 14.4. The Hall–Kier alpha value is -2.38. The van der Waals surface area contributed by atoms with Crippen molar-refractivity contribution in [1.82, 2.24) is 9.55 Å². The lowest BCUT2D eigenvalue weighted by Crippen LogP contribution is -2.22. The van der Waals surface area contributed by atoms with E-state index in [1.165, 1.54) is 23.1 Å². The average molecular weight is 357 g/mol. The molecular formula is C17H15N3O2S2. The number of benzene rings is 1. The van der Waals surface area contributed by atoms with Crippen molar-refractivity contribution < 1.29 is 4.79 Å². The van der Waals surface area contributed by atoms with Gasteiger partial charge in [0.15, 0.2) is 5.16 Å². The normalized spacial score (nSPS) is 10.8. The summed E-state index contributed by atoms with van der Waals surface area (Å²) in [5.74, 6) is 0.193. The van der Waals surface area contributed by atoms with Crippen LogP contribution in [0.2, 0.25) is 0 Å². The van der Waals surface area contributed by atoms with E-state index >= 15 is 0 Å². The third kappa shape index (κ3) is 3.27. The van der Waals surface area contributed by atoms with Crippen molar-refractivity contribution in [3.63, 3.8) is 0 Å². The number of primary amides is 1. The first kappa shape index (κ1) is 16.5. The molecule has 0 spiro atoms. The Labute approximate surface area is 146 Å². The number of hydrogen-bond acceptors (Lipinski definition) is 5. The number of nitrogens with zero attached hydrogens (tertiary/aromatic N) is 2. The number of rotatable bonds is 6. The summed E-state index contributed by atoms with van der Waals surface area (Å²) in [6.45, 7) is 4.13. The van der Waals surface area contributed by atoms with Gasteiger partial charge in [-0.05, 0) is 29.1 Å². The predicted octanol–water partition coefficient (Wildman–Crippen LogP) is 3.04. The number of fused-ring (bicyclic) bond motifs is 1. The minimum absolute atomic E-state index is 0.0484. The Morgan fingerprint density at radius 2 is 2.08 bits per heavy atom. The van der Waals surface area contributed by atoms with E-state index in [2.05, 4.69) is 11.6 Å². The number of thioether (sulfide) groups is 1. The number of nitrogens with two attached hydrogens (primary N) is 1. The van der Waals surface area contributed by atoms with E-state index in [0.29, 0.717) is 28.4 Å². The predicted molar refractivity (Wildman–Crippen MR) is 98.6 cm³/mol. The van der Waals surface area contributed by atoms with E-state index < -0.39 is 5.91 Å². The number of thiophene rings is 1. The van der Waals surface area contributed by atoms with Gasteiger partial charge < -0.3 is 5.73 Å². The average Bonchev–Trinajstić information content (AvgIpc) is 3.05. The van der Waals surface area contributed by atoms with Crippen LogP contribution in [0.1, 0.15) is 15.9 Å². The third-order valence-electron chi connectivity index (χ3n) is 3.47. The van der Waals surface area contributed by atoms with Crippen molar-refractivity contribution in [2.45, 2.75) is 17.5 Å². The molecule has 0 fully saturated rings. The van der Waals surface area contributed by atoms with E-state index in [1.54, 1.807) is 28.8 Å². The smallest absolute Gasteiger partial charge is 0.263 e. The van der Waals surface area contributed by atoms with Crippen LogP contribution in [0.25, 0.3) is 10.2 Å². The summed E-state index contributed by atoms with van der Waals surface area (Å²) in [5, 5.41) is 3.17. The van der Waals surface area contributed by atoms with Crippen LogP contribution in [0.3, 0.4) is 0 Å². The molecule has 3 aromatic rings. The van der Waals surface area contributed by atoms with E-state index in [9.17, 15) is 9.59 Å². The number of hydrogen-bond donors (Lipinski definition) is 1. The van der Waals surface area contributed by atoms with Crippen LogP contribution >= 0.6 is 23.1 Å². The number of aromatic nitrogens is 2. The maximum absolute atomic E-state index is 12.5. The minimum atomic E-state index is -0.446. The molecule has 0 saturated heterocycles. The number of carbonyl (C=O) groups excluding carboxylic acids is 1. The van der Waals surface area contributed by atoms with Gasteiger partial charge in [-0.1, -0.05) is 30.0 Å². The zero-order chi connectivity index (χ0) is 17.1. The second-order valence-electron chi connectivity index (χ2n) is 5.09. The molecule has 0 saturated carbocycles. The molecule has 1 amide bonds. The summed E-state index contributed by atoms with van der Waals surface area (Å²) >= 11 is 2.94.